The smallest absolute Gasteiger partial charge is 0.0895 e. The number of rotatable bonds is 0. The molecule has 0 fully saturated rings. The highest BCUT2D eigenvalue weighted by Crippen LogP contribution is 2.26. The third-order valence-corrected chi connectivity index (χ3v) is 1.47. The van der Waals surface area contributed by atoms with E-state index in [9.17, 15) is 0 Å². The van der Waals surface area contributed by atoms with Gasteiger partial charge in [0.25, 0.3) is 0 Å². The van der Waals surface area contributed by atoms with Gasteiger partial charge in [-0.3, -0.25) is 0 Å². The molecule has 0 N–H and O–H groups in total. The third kappa shape index (κ3) is 5.22. The molecule has 6 heavy (non-hydrogen) atoms. The molecule has 0 amide bonds. The fourth-order valence-electron chi connectivity index (χ4n) is 0. The van der Waals surface area contributed by atoms with Crippen molar-refractivity contribution >= 4 is 47.4 Å². The Bertz CT molecular complexity index is 38.5. The quantitative estimate of drug-likeness (QED) is 0.483. The first-order valence-corrected chi connectivity index (χ1v) is 2.92. The van der Waals surface area contributed by atoms with Gasteiger partial charge in [-0.05, 0) is 0 Å². The van der Waals surface area contributed by atoms with Gasteiger partial charge in [-0.25, -0.2) is 0 Å². The Labute approximate surface area is 57.2 Å². The Kier molecular flexibility index (Phi) is 3.02. The van der Waals surface area contributed by atoms with Gasteiger partial charge in [-0.2, -0.15) is 0 Å². The van der Waals surface area contributed by atoms with E-state index in [4.69, 9.17) is 34.8 Å². The van der Waals surface area contributed by atoms with Gasteiger partial charge in [-0.15, -0.1) is 0 Å². The first-order chi connectivity index (χ1) is 2.56. The van der Waals surface area contributed by atoms with E-state index >= 15 is 0 Å². The molecule has 0 aromatic rings. The van der Waals surface area contributed by atoms with E-state index in [-0.39, 0.29) is 5.75 Å². The van der Waals surface area contributed by atoms with E-state index < -0.39 is 3.79 Å². The minimum absolute atomic E-state index is 0.150. The summed E-state index contributed by atoms with van der Waals surface area (Å²) in [5.74, 6) is 0.150. The lowest BCUT2D eigenvalue weighted by molar-refractivity contribution is 1.30. The van der Waals surface area contributed by atoms with Crippen LogP contribution in [0.4, 0.5) is 0 Å². The lowest BCUT2D eigenvalue weighted by atomic mass is 10.9. The van der Waals surface area contributed by atoms with Crippen LogP contribution < -0.4 is 0 Å². The fourth-order valence-corrected chi connectivity index (χ4v) is 0. The Balaban J connectivity index is 3.17. The van der Waals surface area contributed by atoms with Gasteiger partial charge in [-0.1, -0.05) is 47.4 Å². The monoisotopic (exact) mass is 163 g/mol. The summed E-state index contributed by atoms with van der Waals surface area (Å²) in [6.45, 7) is 0. The van der Waals surface area contributed by atoms with Crippen molar-refractivity contribution in [2.45, 2.75) is 3.79 Å². The van der Waals surface area contributed by atoms with E-state index in [1.807, 2.05) is 0 Å². The highest BCUT2D eigenvalue weighted by atomic mass is 35.6. The molecule has 0 aliphatic carbocycles. The van der Waals surface area contributed by atoms with Crippen LogP contribution in [-0.2, 0) is 0 Å². The van der Waals surface area contributed by atoms with Crippen LogP contribution >= 0.6 is 47.4 Å². The normalized spacial score (nSPS) is 12.0. The van der Waals surface area contributed by atoms with Crippen molar-refractivity contribution in [2.24, 2.45) is 0 Å². The van der Waals surface area contributed by atoms with Crippen LogP contribution in [0.3, 0.4) is 0 Å². The molecule has 0 heterocycles. The zero-order chi connectivity index (χ0) is 5.21. The number of hydrogen-bond acceptors (Lipinski definition) is 0. The maximum Gasteiger partial charge on any atom is 0.200 e. The van der Waals surface area contributed by atoms with Crippen molar-refractivity contribution in [3.05, 3.63) is 0 Å². The topological polar surface area (TPSA) is 0 Å². The maximum atomic E-state index is 5.14. The Hall–Kier alpha value is 1.22. The molecule has 1 radical (unpaired) electrons. The second kappa shape index (κ2) is 2.51. The fraction of sp³-hybridized carbons (Fsp3) is 1.00. The summed E-state index contributed by atoms with van der Waals surface area (Å²) >= 11 is 19.8. The standard InChI is InChI=1S/C2H2Cl3S/c3-2(4,5)1-6/h1H2. The lowest BCUT2D eigenvalue weighted by Gasteiger charge is -2.01. The van der Waals surface area contributed by atoms with E-state index in [1.165, 1.54) is 0 Å². The number of alkyl halides is 3. The molecule has 0 aromatic heterocycles. The van der Waals surface area contributed by atoms with Crippen LogP contribution in [-0.4, -0.2) is 9.55 Å². The number of hydrogen-bond donors (Lipinski definition) is 0. The van der Waals surface area contributed by atoms with Gasteiger partial charge in [0.1, 0.15) is 0 Å². The van der Waals surface area contributed by atoms with Gasteiger partial charge in [0.2, 0.25) is 0 Å². The summed E-state index contributed by atoms with van der Waals surface area (Å²) in [4.78, 5) is 0. The molecule has 0 saturated heterocycles. The molecule has 0 atom stereocenters. The summed E-state index contributed by atoms with van der Waals surface area (Å²) in [7, 11) is 0. The SMILES string of the molecule is [S]CC(Cl)(Cl)Cl. The van der Waals surface area contributed by atoms with Crippen LogP contribution in [0.1, 0.15) is 0 Å². The molecule has 0 unspecified atom stereocenters. The predicted octanol–water partition coefficient (Wildman–Crippen LogP) is 2.55. The molecule has 0 spiro atoms. The van der Waals surface area contributed by atoms with Crippen molar-refractivity contribution < 1.29 is 0 Å². The third-order valence-electron chi connectivity index (χ3n) is 0.164. The lowest BCUT2D eigenvalue weighted by Crippen LogP contribution is -2.01. The average Bonchev–Trinajstić information content (AvgIpc) is 1.35. The first-order valence-electron chi connectivity index (χ1n) is 1.21. The van der Waals surface area contributed by atoms with Crippen LogP contribution in [0.2, 0.25) is 0 Å². The molecule has 0 aliphatic rings. The van der Waals surface area contributed by atoms with Crippen molar-refractivity contribution in [3.8, 4) is 0 Å². The molecule has 0 aromatic carbocycles. The zero-order valence-electron chi connectivity index (χ0n) is 2.75. The predicted molar refractivity (Wildman–Crippen MR) is 32.7 cm³/mol. The van der Waals surface area contributed by atoms with Crippen LogP contribution in [0.5, 0.6) is 0 Å². The minimum Gasteiger partial charge on any atom is -0.0895 e. The van der Waals surface area contributed by atoms with Crippen LogP contribution in [0, 0.1) is 0 Å². The van der Waals surface area contributed by atoms with Crippen LogP contribution in [0.15, 0.2) is 0 Å². The highest BCUT2D eigenvalue weighted by Gasteiger charge is 2.15. The van der Waals surface area contributed by atoms with E-state index in [1.54, 1.807) is 0 Å². The van der Waals surface area contributed by atoms with E-state index in [0.29, 0.717) is 0 Å². The molecule has 0 bridgehead atoms. The molecular weight excluding hydrogens is 162 g/mol. The van der Waals surface area contributed by atoms with Gasteiger partial charge in [0, 0.05) is 0 Å². The molecule has 0 saturated carbocycles. The summed E-state index contributed by atoms with van der Waals surface area (Å²) < 4.78 is -1.23. The molecule has 4 heteroatoms. The molecule has 0 aliphatic heterocycles. The summed E-state index contributed by atoms with van der Waals surface area (Å²) in [5, 5.41) is 0. The van der Waals surface area contributed by atoms with Gasteiger partial charge in [0.15, 0.2) is 3.79 Å². The second-order valence-electron chi connectivity index (χ2n) is 0.760. The van der Waals surface area contributed by atoms with Crippen molar-refractivity contribution in [1.29, 1.82) is 0 Å². The maximum absolute atomic E-state index is 5.14. The molecular formula is C2H2Cl3S. The largest absolute Gasteiger partial charge is 0.200 e. The Morgan fingerprint density at radius 3 is 1.50 bits per heavy atom. The minimum atomic E-state index is -1.23. The summed E-state index contributed by atoms with van der Waals surface area (Å²) in [5.41, 5.74) is 0. The van der Waals surface area contributed by atoms with Crippen molar-refractivity contribution in [2.75, 3.05) is 5.75 Å². The van der Waals surface area contributed by atoms with Gasteiger partial charge < -0.3 is 0 Å². The van der Waals surface area contributed by atoms with Crippen molar-refractivity contribution in [3.63, 3.8) is 0 Å². The molecule has 37 valence electrons. The second-order valence-corrected chi connectivity index (χ2v) is 3.56. The Morgan fingerprint density at radius 2 is 1.50 bits per heavy atom. The van der Waals surface area contributed by atoms with Crippen molar-refractivity contribution in [1.82, 2.24) is 0 Å². The highest BCUT2D eigenvalue weighted by molar-refractivity contribution is 7.80. The zero-order valence-corrected chi connectivity index (χ0v) is 5.83. The van der Waals surface area contributed by atoms with Gasteiger partial charge in [0.05, 0.1) is 5.75 Å². The summed E-state index contributed by atoms with van der Waals surface area (Å²) in [6.07, 6.45) is 0. The molecule has 0 rings (SSSR count). The number of halogens is 3. The van der Waals surface area contributed by atoms with Gasteiger partial charge >= 0.3 is 0 Å². The van der Waals surface area contributed by atoms with Crippen LogP contribution in [0.25, 0.3) is 0 Å². The average molecular weight is 164 g/mol. The first kappa shape index (κ1) is 7.22. The van der Waals surface area contributed by atoms with E-state index in [0.717, 1.165) is 0 Å². The Morgan fingerprint density at radius 1 is 1.33 bits per heavy atom. The molecule has 0 nitrogen and oxygen atoms in total. The summed E-state index contributed by atoms with van der Waals surface area (Å²) in [6, 6.07) is 0. The van der Waals surface area contributed by atoms with E-state index in [2.05, 4.69) is 12.6 Å².